The summed E-state index contributed by atoms with van der Waals surface area (Å²) < 4.78 is 0. The number of carbonyl (C=O) groups is 1. The van der Waals surface area contributed by atoms with Gasteiger partial charge in [0.1, 0.15) is 5.75 Å². The van der Waals surface area contributed by atoms with Crippen molar-refractivity contribution in [1.29, 1.82) is 0 Å². The van der Waals surface area contributed by atoms with Gasteiger partial charge in [-0.15, -0.1) is 0 Å². The van der Waals surface area contributed by atoms with E-state index in [1.165, 1.54) is 31.7 Å². The molecule has 3 rings (SSSR count). The second kappa shape index (κ2) is 5.65. The summed E-state index contributed by atoms with van der Waals surface area (Å²) in [6, 6.07) is 5.14. The van der Waals surface area contributed by atoms with Crippen LogP contribution in [0.1, 0.15) is 48.9 Å². The van der Waals surface area contributed by atoms with Gasteiger partial charge in [0.15, 0.2) is 0 Å². The molecule has 2 atom stereocenters. The van der Waals surface area contributed by atoms with E-state index in [-0.39, 0.29) is 16.7 Å². The lowest BCUT2D eigenvalue weighted by molar-refractivity contribution is 0.0390. The van der Waals surface area contributed by atoms with Gasteiger partial charge in [-0.05, 0) is 49.8 Å². The number of amides is 1. The summed E-state index contributed by atoms with van der Waals surface area (Å²) in [5, 5.41) is 9.71. The summed E-state index contributed by atoms with van der Waals surface area (Å²) in [6.45, 7) is 0.846. The van der Waals surface area contributed by atoms with Crippen LogP contribution in [0.2, 0.25) is 5.02 Å². The largest absolute Gasteiger partial charge is 0.506 e. The number of piperidine rings is 1. The quantitative estimate of drug-likeness (QED) is 0.854. The van der Waals surface area contributed by atoms with Gasteiger partial charge in [0.25, 0.3) is 5.91 Å². The zero-order chi connectivity index (χ0) is 14.1. The number of benzene rings is 1. The molecular formula is C16H20ClNO2. The summed E-state index contributed by atoms with van der Waals surface area (Å²) in [6.07, 6.45) is 7.26. The number of rotatable bonds is 1. The van der Waals surface area contributed by atoms with Crippen molar-refractivity contribution in [2.75, 3.05) is 6.54 Å². The molecular weight excluding hydrogens is 274 g/mol. The normalized spacial score (nSPS) is 26.1. The van der Waals surface area contributed by atoms with Crippen molar-refractivity contribution >= 4 is 17.5 Å². The number of aromatic hydroxyl groups is 1. The van der Waals surface area contributed by atoms with E-state index in [2.05, 4.69) is 0 Å². The third-order valence-electron chi connectivity index (χ3n) is 4.70. The van der Waals surface area contributed by atoms with Crippen molar-refractivity contribution in [3.8, 4) is 5.75 Å². The molecule has 2 unspecified atom stereocenters. The van der Waals surface area contributed by atoms with Gasteiger partial charge in [-0.25, -0.2) is 0 Å². The number of halogens is 1. The van der Waals surface area contributed by atoms with E-state index in [0.717, 1.165) is 19.4 Å². The Bertz CT molecular complexity index is 515. The Morgan fingerprint density at radius 3 is 2.75 bits per heavy atom. The summed E-state index contributed by atoms with van der Waals surface area (Å²) in [4.78, 5) is 14.7. The first-order valence-corrected chi connectivity index (χ1v) is 7.84. The maximum Gasteiger partial charge on any atom is 0.254 e. The zero-order valence-electron chi connectivity index (χ0n) is 11.5. The summed E-state index contributed by atoms with van der Waals surface area (Å²) in [5.41, 5.74) is 0.582. The molecule has 1 aliphatic heterocycles. The van der Waals surface area contributed by atoms with Crippen molar-refractivity contribution in [3.05, 3.63) is 28.8 Å². The predicted molar refractivity (Wildman–Crippen MR) is 79.1 cm³/mol. The minimum Gasteiger partial charge on any atom is -0.506 e. The Hall–Kier alpha value is -1.22. The molecule has 2 aliphatic rings. The van der Waals surface area contributed by atoms with Crippen LogP contribution >= 0.6 is 11.6 Å². The summed E-state index contributed by atoms with van der Waals surface area (Å²) in [5.74, 6) is 0.759. The van der Waals surface area contributed by atoms with E-state index >= 15 is 0 Å². The lowest BCUT2D eigenvalue weighted by Crippen LogP contribution is -2.49. The van der Waals surface area contributed by atoms with Crippen LogP contribution < -0.4 is 0 Å². The van der Waals surface area contributed by atoms with Crippen LogP contribution in [0.4, 0.5) is 0 Å². The van der Waals surface area contributed by atoms with Crippen LogP contribution in [0.3, 0.4) is 0 Å². The molecule has 1 aliphatic carbocycles. The van der Waals surface area contributed by atoms with Crippen molar-refractivity contribution in [2.24, 2.45) is 5.92 Å². The topological polar surface area (TPSA) is 40.5 Å². The highest BCUT2D eigenvalue weighted by Crippen LogP contribution is 2.36. The third kappa shape index (κ3) is 2.51. The predicted octanol–water partition coefficient (Wildman–Crippen LogP) is 3.84. The highest BCUT2D eigenvalue weighted by Gasteiger charge is 2.35. The smallest absolute Gasteiger partial charge is 0.254 e. The molecule has 3 nitrogen and oxygen atoms in total. The van der Waals surface area contributed by atoms with Crippen molar-refractivity contribution in [1.82, 2.24) is 4.90 Å². The van der Waals surface area contributed by atoms with Gasteiger partial charge in [0, 0.05) is 18.2 Å². The average Bonchev–Trinajstić information content (AvgIpc) is 2.49. The van der Waals surface area contributed by atoms with Crippen LogP contribution in [-0.2, 0) is 0 Å². The van der Waals surface area contributed by atoms with Crippen molar-refractivity contribution in [2.45, 2.75) is 44.6 Å². The van der Waals surface area contributed by atoms with Gasteiger partial charge in [0.05, 0.1) is 5.02 Å². The number of nitrogens with zero attached hydrogens (tertiary/aromatic N) is 1. The summed E-state index contributed by atoms with van der Waals surface area (Å²) >= 11 is 5.91. The van der Waals surface area contributed by atoms with E-state index < -0.39 is 0 Å². The number of phenolic OH excluding ortho intramolecular Hbond substituents is 1. The molecule has 1 saturated carbocycles. The number of phenols is 1. The van der Waals surface area contributed by atoms with Gasteiger partial charge in [0.2, 0.25) is 0 Å². The van der Waals surface area contributed by atoms with Gasteiger partial charge in [-0.1, -0.05) is 24.4 Å². The fraction of sp³-hybridized carbons (Fsp3) is 0.562. The standard InChI is InChI=1S/C16H20ClNO2/c17-13-10-12(7-8-15(13)19)16(20)18-9-3-5-11-4-1-2-6-14(11)18/h7-8,10-11,14,19H,1-6,9H2. The summed E-state index contributed by atoms with van der Waals surface area (Å²) in [7, 11) is 0. The van der Waals surface area contributed by atoms with E-state index in [4.69, 9.17) is 11.6 Å². The second-order valence-corrected chi connectivity index (χ2v) is 6.33. The first kappa shape index (κ1) is 13.7. The van der Waals surface area contributed by atoms with Crippen LogP contribution in [0.25, 0.3) is 0 Å². The molecule has 1 aromatic rings. The number of fused-ring (bicyclic) bond motifs is 1. The molecule has 0 bridgehead atoms. The van der Waals surface area contributed by atoms with Gasteiger partial charge in [-0.2, -0.15) is 0 Å². The lowest BCUT2D eigenvalue weighted by Gasteiger charge is -2.44. The van der Waals surface area contributed by atoms with E-state index in [1.807, 2.05) is 4.90 Å². The molecule has 4 heteroatoms. The Labute approximate surface area is 124 Å². The molecule has 108 valence electrons. The van der Waals surface area contributed by atoms with Gasteiger partial charge < -0.3 is 10.0 Å². The van der Waals surface area contributed by atoms with Crippen LogP contribution in [0.15, 0.2) is 18.2 Å². The highest BCUT2D eigenvalue weighted by atomic mass is 35.5. The molecule has 1 saturated heterocycles. The van der Waals surface area contributed by atoms with E-state index in [1.54, 1.807) is 12.1 Å². The maximum atomic E-state index is 12.7. The molecule has 1 heterocycles. The zero-order valence-corrected chi connectivity index (χ0v) is 12.3. The van der Waals surface area contributed by atoms with Crippen LogP contribution in [0.5, 0.6) is 5.75 Å². The molecule has 1 N–H and O–H groups in total. The average molecular weight is 294 g/mol. The Morgan fingerprint density at radius 2 is 1.95 bits per heavy atom. The van der Waals surface area contributed by atoms with Crippen LogP contribution in [0, 0.1) is 5.92 Å². The first-order chi connectivity index (χ1) is 9.66. The molecule has 20 heavy (non-hydrogen) atoms. The van der Waals surface area contributed by atoms with E-state index in [9.17, 15) is 9.90 Å². The van der Waals surface area contributed by atoms with Gasteiger partial charge >= 0.3 is 0 Å². The third-order valence-corrected chi connectivity index (χ3v) is 5.00. The lowest BCUT2D eigenvalue weighted by atomic mass is 9.78. The molecule has 0 aromatic heterocycles. The minimum atomic E-state index is 0.0254. The Balaban J connectivity index is 1.83. The molecule has 0 spiro atoms. The minimum absolute atomic E-state index is 0.0254. The molecule has 0 radical (unpaired) electrons. The monoisotopic (exact) mass is 293 g/mol. The Morgan fingerprint density at radius 1 is 1.20 bits per heavy atom. The van der Waals surface area contributed by atoms with Crippen molar-refractivity contribution < 1.29 is 9.90 Å². The number of hydrogen-bond acceptors (Lipinski definition) is 2. The molecule has 1 amide bonds. The van der Waals surface area contributed by atoms with Crippen molar-refractivity contribution in [3.63, 3.8) is 0 Å². The molecule has 2 fully saturated rings. The SMILES string of the molecule is O=C(c1ccc(O)c(Cl)c1)N1CCCC2CCCCC21. The second-order valence-electron chi connectivity index (χ2n) is 5.92. The number of hydrogen-bond donors (Lipinski definition) is 1. The van der Waals surface area contributed by atoms with E-state index in [0.29, 0.717) is 17.5 Å². The Kier molecular flexibility index (Phi) is 3.88. The number of carbonyl (C=O) groups excluding carboxylic acids is 1. The van der Waals surface area contributed by atoms with Gasteiger partial charge in [-0.3, -0.25) is 4.79 Å². The maximum absolute atomic E-state index is 12.7. The highest BCUT2D eigenvalue weighted by molar-refractivity contribution is 6.32. The fourth-order valence-corrected chi connectivity index (χ4v) is 3.86. The fourth-order valence-electron chi connectivity index (χ4n) is 3.68. The van der Waals surface area contributed by atoms with Crippen LogP contribution in [-0.4, -0.2) is 28.5 Å². The molecule has 1 aromatic carbocycles. The number of likely N-dealkylation sites (tertiary alicyclic amines) is 1. The first-order valence-electron chi connectivity index (χ1n) is 7.46.